The topological polar surface area (TPSA) is 65.2 Å². The molecule has 0 saturated carbocycles. The van der Waals surface area contributed by atoms with E-state index in [0.717, 1.165) is 12.1 Å². The van der Waals surface area contributed by atoms with Crippen molar-refractivity contribution in [3.8, 4) is 11.4 Å². The number of carbonyl (C=O) groups is 1. The molecule has 0 aliphatic rings. The van der Waals surface area contributed by atoms with Crippen LogP contribution in [0.1, 0.15) is 17.6 Å². The van der Waals surface area contributed by atoms with Crippen LogP contribution in [0.2, 0.25) is 0 Å². The molecule has 0 bridgehead atoms. The minimum Gasteiger partial charge on any atom is -0.459 e. The average molecular weight is 254 g/mol. The number of rotatable bonds is 3. The molecule has 94 valence electrons. The van der Waals surface area contributed by atoms with Crippen LogP contribution in [0.3, 0.4) is 0 Å². The van der Waals surface area contributed by atoms with Gasteiger partial charge in [0.1, 0.15) is 11.6 Å². The van der Waals surface area contributed by atoms with E-state index < -0.39 is 29.1 Å². The van der Waals surface area contributed by atoms with Crippen LogP contribution in [0.5, 0.6) is 0 Å². The number of esters is 1. The fourth-order valence-electron chi connectivity index (χ4n) is 1.31. The van der Waals surface area contributed by atoms with Crippen LogP contribution in [-0.2, 0) is 4.74 Å². The summed E-state index contributed by atoms with van der Waals surface area (Å²) in [5, 5.41) is 3.34. The van der Waals surface area contributed by atoms with Gasteiger partial charge in [-0.1, -0.05) is 11.2 Å². The molecule has 0 radical (unpaired) electrons. The van der Waals surface area contributed by atoms with E-state index >= 15 is 0 Å². The Morgan fingerprint density at radius 2 is 2.06 bits per heavy atom. The van der Waals surface area contributed by atoms with E-state index in [-0.39, 0.29) is 12.4 Å². The molecule has 7 heteroatoms. The highest BCUT2D eigenvalue weighted by atomic mass is 19.1. The van der Waals surface area contributed by atoms with Crippen LogP contribution in [0.15, 0.2) is 22.7 Å². The number of carbonyl (C=O) groups excluding carboxylic acids is 1. The Morgan fingerprint density at radius 1 is 1.39 bits per heavy atom. The fourth-order valence-corrected chi connectivity index (χ4v) is 1.31. The summed E-state index contributed by atoms with van der Waals surface area (Å²) in [5.74, 6) is -3.31. The standard InChI is InChI=1S/C11H8F2N2O3/c1-2-17-11(16)10-14-9(15-18-10)8-6(12)4-3-5-7(8)13/h3-5H,2H2,1H3. The number of benzene rings is 1. The molecule has 18 heavy (non-hydrogen) atoms. The summed E-state index contributed by atoms with van der Waals surface area (Å²) in [6, 6.07) is 3.32. The van der Waals surface area contributed by atoms with Gasteiger partial charge in [0.15, 0.2) is 0 Å². The van der Waals surface area contributed by atoms with Crippen LogP contribution < -0.4 is 0 Å². The molecular weight excluding hydrogens is 246 g/mol. The van der Waals surface area contributed by atoms with E-state index in [1.807, 2.05) is 0 Å². The van der Waals surface area contributed by atoms with Crippen LogP contribution >= 0.6 is 0 Å². The minimum absolute atomic E-state index is 0.130. The van der Waals surface area contributed by atoms with E-state index in [9.17, 15) is 13.6 Å². The summed E-state index contributed by atoms with van der Waals surface area (Å²) in [6.07, 6.45) is 0. The van der Waals surface area contributed by atoms with Crippen molar-refractivity contribution in [2.75, 3.05) is 6.61 Å². The lowest BCUT2D eigenvalue weighted by atomic mass is 10.2. The summed E-state index contributed by atoms with van der Waals surface area (Å²) in [4.78, 5) is 14.8. The number of ether oxygens (including phenoxy) is 1. The second-order valence-corrected chi connectivity index (χ2v) is 3.24. The molecule has 0 fully saturated rings. The van der Waals surface area contributed by atoms with Gasteiger partial charge in [0.25, 0.3) is 0 Å². The molecule has 1 heterocycles. The molecule has 0 aliphatic carbocycles. The van der Waals surface area contributed by atoms with Crippen molar-refractivity contribution in [2.24, 2.45) is 0 Å². The molecule has 0 amide bonds. The van der Waals surface area contributed by atoms with Gasteiger partial charge >= 0.3 is 11.9 Å². The maximum atomic E-state index is 13.4. The van der Waals surface area contributed by atoms with Crippen LogP contribution in [-0.4, -0.2) is 22.7 Å². The summed E-state index contributed by atoms with van der Waals surface area (Å²) in [5.41, 5.74) is -0.447. The molecular formula is C11H8F2N2O3. The molecule has 2 rings (SSSR count). The third kappa shape index (κ3) is 2.20. The Morgan fingerprint density at radius 3 is 2.67 bits per heavy atom. The van der Waals surface area contributed by atoms with Crippen molar-refractivity contribution in [3.05, 3.63) is 35.7 Å². The first kappa shape index (κ1) is 12.2. The molecule has 0 aliphatic heterocycles. The highest BCUT2D eigenvalue weighted by Crippen LogP contribution is 2.23. The van der Waals surface area contributed by atoms with Gasteiger partial charge in [-0.15, -0.1) is 0 Å². The lowest BCUT2D eigenvalue weighted by Gasteiger charge is -1.98. The zero-order valence-electron chi connectivity index (χ0n) is 9.31. The molecule has 0 unspecified atom stereocenters. The van der Waals surface area contributed by atoms with Crippen LogP contribution in [0.25, 0.3) is 11.4 Å². The maximum absolute atomic E-state index is 13.4. The highest BCUT2D eigenvalue weighted by molar-refractivity contribution is 5.84. The SMILES string of the molecule is CCOC(=O)c1nc(-c2c(F)cccc2F)no1. The van der Waals surface area contributed by atoms with E-state index in [0.29, 0.717) is 0 Å². The smallest absolute Gasteiger partial charge is 0.397 e. The van der Waals surface area contributed by atoms with Crippen molar-refractivity contribution in [2.45, 2.75) is 6.92 Å². The molecule has 1 aromatic carbocycles. The summed E-state index contributed by atoms with van der Waals surface area (Å²) >= 11 is 0. The Labute approximate surface area is 100 Å². The average Bonchev–Trinajstić information content (AvgIpc) is 2.78. The van der Waals surface area contributed by atoms with Gasteiger partial charge in [-0.05, 0) is 19.1 Å². The van der Waals surface area contributed by atoms with Crippen molar-refractivity contribution in [1.82, 2.24) is 10.1 Å². The van der Waals surface area contributed by atoms with Crippen molar-refractivity contribution in [3.63, 3.8) is 0 Å². The Balaban J connectivity index is 2.38. The molecule has 2 aromatic rings. The summed E-state index contributed by atoms with van der Waals surface area (Å²) in [6.45, 7) is 1.73. The lowest BCUT2D eigenvalue weighted by Crippen LogP contribution is -2.04. The second kappa shape index (κ2) is 4.91. The van der Waals surface area contributed by atoms with E-state index in [1.165, 1.54) is 6.07 Å². The third-order valence-electron chi connectivity index (χ3n) is 2.06. The number of hydrogen-bond acceptors (Lipinski definition) is 5. The van der Waals surface area contributed by atoms with Gasteiger partial charge in [-0.3, -0.25) is 0 Å². The van der Waals surface area contributed by atoms with Gasteiger partial charge in [0.2, 0.25) is 5.82 Å². The van der Waals surface area contributed by atoms with Crippen molar-refractivity contribution < 1.29 is 22.8 Å². The van der Waals surface area contributed by atoms with E-state index in [4.69, 9.17) is 0 Å². The zero-order valence-corrected chi connectivity index (χ0v) is 9.31. The van der Waals surface area contributed by atoms with Gasteiger partial charge in [-0.25, -0.2) is 13.6 Å². The number of aromatic nitrogens is 2. The molecule has 0 N–H and O–H groups in total. The summed E-state index contributed by atoms with van der Waals surface area (Å²) in [7, 11) is 0. The Kier molecular flexibility index (Phi) is 3.31. The number of hydrogen-bond donors (Lipinski definition) is 0. The fraction of sp³-hybridized carbons (Fsp3) is 0.182. The predicted octanol–water partition coefficient (Wildman–Crippen LogP) is 2.19. The van der Waals surface area contributed by atoms with E-state index in [2.05, 4.69) is 19.4 Å². The molecule has 0 spiro atoms. The zero-order chi connectivity index (χ0) is 13.1. The molecule has 5 nitrogen and oxygen atoms in total. The van der Waals surface area contributed by atoms with Gasteiger partial charge in [0, 0.05) is 0 Å². The first-order valence-electron chi connectivity index (χ1n) is 5.08. The quantitative estimate of drug-likeness (QED) is 0.785. The van der Waals surface area contributed by atoms with Crippen LogP contribution in [0.4, 0.5) is 8.78 Å². The predicted molar refractivity (Wildman–Crippen MR) is 55.6 cm³/mol. The third-order valence-corrected chi connectivity index (χ3v) is 2.06. The van der Waals surface area contributed by atoms with Gasteiger partial charge in [-0.2, -0.15) is 4.98 Å². The first-order valence-corrected chi connectivity index (χ1v) is 5.08. The molecule has 0 saturated heterocycles. The second-order valence-electron chi connectivity index (χ2n) is 3.24. The monoisotopic (exact) mass is 254 g/mol. The number of nitrogens with zero attached hydrogens (tertiary/aromatic N) is 2. The first-order chi connectivity index (χ1) is 8.63. The Bertz CT molecular complexity index is 563. The lowest BCUT2D eigenvalue weighted by molar-refractivity contribution is 0.0470. The van der Waals surface area contributed by atoms with Crippen molar-refractivity contribution in [1.29, 1.82) is 0 Å². The normalized spacial score (nSPS) is 10.4. The van der Waals surface area contributed by atoms with Crippen LogP contribution in [0, 0.1) is 11.6 Å². The van der Waals surface area contributed by atoms with Crippen molar-refractivity contribution >= 4 is 5.97 Å². The number of halogens is 2. The Hall–Kier alpha value is -2.31. The largest absolute Gasteiger partial charge is 0.459 e. The summed E-state index contributed by atoms with van der Waals surface area (Å²) < 4.78 is 36.0. The van der Waals surface area contributed by atoms with E-state index in [1.54, 1.807) is 6.92 Å². The maximum Gasteiger partial charge on any atom is 0.397 e. The molecule has 1 aromatic heterocycles. The van der Waals surface area contributed by atoms with Gasteiger partial charge in [0.05, 0.1) is 12.2 Å². The molecule has 0 atom stereocenters. The minimum atomic E-state index is -0.841. The van der Waals surface area contributed by atoms with Gasteiger partial charge < -0.3 is 9.26 Å². The highest BCUT2D eigenvalue weighted by Gasteiger charge is 2.21.